The highest BCUT2D eigenvalue weighted by molar-refractivity contribution is 5.87. The Labute approximate surface area is 99.7 Å². The van der Waals surface area contributed by atoms with Crippen LogP contribution in [0, 0.1) is 0 Å². The van der Waals surface area contributed by atoms with Crippen LogP contribution in [-0.2, 0) is 12.8 Å². The molecule has 0 aliphatic rings. The third-order valence-electron chi connectivity index (χ3n) is 2.36. The molecular weight excluding hydrogens is 214 g/mol. The van der Waals surface area contributed by atoms with E-state index in [1.54, 1.807) is 12.4 Å². The van der Waals surface area contributed by atoms with Crippen molar-refractivity contribution >= 4 is 5.71 Å². The maximum Gasteiger partial charge on any atom is 0.0689 e. The van der Waals surface area contributed by atoms with Gasteiger partial charge in [-0.05, 0) is 24.3 Å². The van der Waals surface area contributed by atoms with Gasteiger partial charge in [0.05, 0.1) is 5.71 Å². The lowest BCUT2D eigenvalue weighted by atomic mass is 10.1. The van der Waals surface area contributed by atoms with Crippen LogP contribution in [0.2, 0.25) is 0 Å². The predicted molar refractivity (Wildman–Crippen MR) is 65.1 cm³/mol. The lowest BCUT2D eigenvalue weighted by Gasteiger charge is -2.03. The molecule has 0 radical (unpaired) electrons. The summed E-state index contributed by atoms with van der Waals surface area (Å²) in [6.07, 6.45) is 4.53. The van der Waals surface area contributed by atoms with E-state index in [2.05, 4.69) is 15.1 Å². The van der Waals surface area contributed by atoms with Crippen LogP contribution < -0.4 is 0 Å². The van der Waals surface area contributed by atoms with Gasteiger partial charge in [0, 0.05) is 36.6 Å². The third-order valence-corrected chi connectivity index (χ3v) is 2.36. The molecule has 0 unspecified atom stereocenters. The monoisotopic (exact) mass is 227 g/mol. The van der Waals surface area contributed by atoms with E-state index in [4.69, 9.17) is 5.21 Å². The summed E-state index contributed by atoms with van der Waals surface area (Å²) in [7, 11) is 0. The summed E-state index contributed by atoms with van der Waals surface area (Å²) in [5, 5.41) is 12.3. The van der Waals surface area contributed by atoms with Crippen LogP contribution in [0.15, 0.2) is 53.9 Å². The Morgan fingerprint density at radius 3 is 1.82 bits per heavy atom. The number of hydrogen-bond acceptors (Lipinski definition) is 4. The number of oxime groups is 1. The van der Waals surface area contributed by atoms with E-state index in [0.717, 1.165) is 11.4 Å². The molecule has 0 aromatic carbocycles. The fraction of sp³-hybridized carbons (Fsp3) is 0.154. The zero-order chi connectivity index (χ0) is 11.9. The summed E-state index contributed by atoms with van der Waals surface area (Å²) in [6.45, 7) is 0. The average molecular weight is 227 g/mol. The molecule has 0 aliphatic carbocycles. The van der Waals surface area contributed by atoms with E-state index in [0.29, 0.717) is 18.6 Å². The molecule has 4 nitrogen and oxygen atoms in total. The highest BCUT2D eigenvalue weighted by atomic mass is 16.4. The quantitative estimate of drug-likeness (QED) is 0.494. The van der Waals surface area contributed by atoms with Crippen LogP contribution in [0.25, 0.3) is 0 Å². The maximum absolute atomic E-state index is 8.98. The zero-order valence-electron chi connectivity index (χ0n) is 9.32. The van der Waals surface area contributed by atoms with Gasteiger partial charge in [-0.15, -0.1) is 0 Å². The van der Waals surface area contributed by atoms with Crippen LogP contribution in [0.1, 0.15) is 11.4 Å². The molecule has 17 heavy (non-hydrogen) atoms. The van der Waals surface area contributed by atoms with Crippen molar-refractivity contribution in [2.75, 3.05) is 0 Å². The molecule has 2 aromatic heterocycles. The lowest BCUT2D eigenvalue weighted by molar-refractivity contribution is 0.317. The molecule has 2 rings (SSSR count). The second-order valence-corrected chi connectivity index (χ2v) is 3.66. The van der Waals surface area contributed by atoms with Crippen LogP contribution in [-0.4, -0.2) is 20.9 Å². The van der Waals surface area contributed by atoms with Gasteiger partial charge in [0.2, 0.25) is 0 Å². The van der Waals surface area contributed by atoms with Crippen molar-refractivity contribution < 1.29 is 5.21 Å². The first-order valence-corrected chi connectivity index (χ1v) is 5.38. The SMILES string of the molecule is ON=C(Cc1ccccn1)Cc1ccccn1. The van der Waals surface area contributed by atoms with Crippen LogP contribution >= 0.6 is 0 Å². The molecule has 0 spiro atoms. The van der Waals surface area contributed by atoms with E-state index in [1.165, 1.54) is 0 Å². The van der Waals surface area contributed by atoms with Gasteiger partial charge in [-0.2, -0.15) is 0 Å². The largest absolute Gasteiger partial charge is 0.411 e. The van der Waals surface area contributed by atoms with E-state index in [1.807, 2.05) is 36.4 Å². The molecule has 0 atom stereocenters. The molecule has 4 heteroatoms. The second kappa shape index (κ2) is 5.75. The topological polar surface area (TPSA) is 58.4 Å². The van der Waals surface area contributed by atoms with E-state index in [9.17, 15) is 0 Å². The molecule has 2 aromatic rings. The van der Waals surface area contributed by atoms with Gasteiger partial charge >= 0.3 is 0 Å². The molecule has 0 fully saturated rings. The average Bonchev–Trinajstić information content (AvgIpc) is 2.40. The standard InChI is InChI=1S/C13H13N3O/c17-16-13(9-11-5-1-3-7-14-11)10-12-6-2-4-8-15-12/h1-8,17H,9-10H2. The van der Waals surface area contributed by atoms with Gasteiger partial charge in [0.15, 0.2) is 0 Å². The summed E-state index contributed by atoms with van der Waals surface area (Å²) in [6, 6.07) is 11.4. The molecule has 0 bridgehead atoms. The Hall–Kier alpha value is -2.23. The second-order valence-electron chi connectivity index (χ2n) is 3.66. The first kappa shape index (κ1) is 11.3. The van der Waals surface area contributed by atoms with Gasteiger partial charge in [-0.25, -0.2) is 0 Å². The number of nitrogens with zero attached hydrogens (tertiary/aromatic N) is 3. The molecule has 0 amide bonds. The van der Waals surface area contributed by atoms with E-state index < -0.39 is 0 Å². The molecule has 0 aliphatic heterocycles. The minimum atomic E-state index is 0.536. The Balaban J connectivity index is 2.04. The smallest absolute Gasteiger partial charge is 0.0689 e. The van der Waals surface area contributed by atoms with Crippen molar-refractivity contribution in [3.8, 4) is 0 Å². The van der Waals surface area contributed by atoms with Crippen molar-refractivity contribution in [1.82, 2.24) is 9.97 Å². The number of pyridine rings is 2. The first-order valence-electron chi connectivity index (χ1n) is 5.38. The maximum atomic E-state index is 8.98. The normalized spacial score (nSPS) is 9.88. The highest BCUT2D eigenvalue weighted by Crippen LogP contribution is 2.02. The van der Waals surface area contributed by atoms with Crippen molar-refractivity contribution in [3.05, 3.63) is 60.2 Å². The summed E-state index contributed by atoms with van der Waals surface area (Å²) in [4.78, 5) is 8.39. The fourth-order valence-electron chi connectivity index (χ4n) is 1.56. The Morgan fingerprint density at radius 2 is 1.47 bits per heavy atom. The highest BCUT2D eigenvalue weighted by Gasteiger charge is 2.05. The molecule has 86 valence electrons. The minimum Gasteiger partial charge on any atom is -0.411 e. The lowest BCUT2D eigenvalue weighted by Crippen LogP contribution is -2.09. The Morgan fingerprint density at radius 1 is 0.941 bits per heavy atom. The minimum absolute atomic E-state index is 0.536. The van der Waals surface area contributed by atoms with Crippen molar-refractivity contribution in [1.29, 1.82) is 0 Å². The summed E-state index contributed by atoms with van der Waals surface area (Å²) < 4.78 is 0. The molecule has 0 saturated carbocycles. The summed E-state index contributed by atoms with van der Waals surface area (Å²) in [5.74, 6) is 0. The zero-order valence-corrected chi connectivity index (χ0v) is 9.32. The molecular formula is C13H13N3O. The number of hydrogen-bond donors (Lipinski definition) is 1. The van der Waals surface area contributed by atoms with Gasteiger partial charge in [0.25, 0.3) is 0 Å². The summed E-state index contributed by atoms with van der Waals surface area (Å²) >= 11 is 0. The van der Waals surface area contributed by atoms with Crippen LogP contribution in [0.5, 0.6) is 0 Å². The first-order chi connectivity index (χ1) is 8.38. The molecule has 1 N–H and O–H groups in total. The van der Waals surface area contributed by atoms with Crippen molar-refractivity contribution in [2.45, 2.75) is 12.8 Å². The van der Waals surface area contributed by atoms with Gasteiger partial charge in [0.1, 0.15) is 0 Å². The van der Waals surface area contributed by atoms with Gasteiger partial charge in [-0.3, -0.25) is 9.97 Å². The van der Waals surface area contributed by atoms with Crippen LogP contribution in [0.3, 0.4) is 0 Å². The molecule has 0 saturated heterocycles. The van der Waals surface area contributed by atoms with Crippen molar-refractivity contribution in [3.63, 3.8) is 0 Å². The van der Waals surface area contributed by atoms with Crippen molar-refractivity contribution in [2.24, 2.45) is 5.16 Å². The predicted octanol–water partition coefficient (Wildman–Crippen LogP) is 2.09. The number of rotatable bonds is 4. The Kier molecular flexibility index (Phi) is 3.81. The Bertz CT molecular complexity index is 439. The fourth-order valence-corrected chi connectivity index (χ4v) is 1.56. The van der Waals surface area contributed by atoms with E-state index >= 15 is 0 Å². The molecule has 2 heterocycles. The van der Waals surface area contributed by atoms with E-state index in [-0.39, 0.29) is 0 Å². The third kappa shape index (κ3) is 3.38. The van der Waals surface area contributed by atoms with Crippen LogP contribution in [0.4, 0.5) is 0 Å². The van der Waals surface area contributed by atoms with Gasteiger partial charge < -0.3 is 5.21 Å². The number of aromatic nitrogens is 2. The van der Waals surface area contributed by atoms with Gasteiger partial charge in [-0.1, -0.05) is 17.3 Å². The summed E-state index contributed by atoms with van der Waals surface area (Å²) in [5.41, 5.74) is 2.43.